The first-order valence-electron chi connectivity index (χ1n) is 9.87. The van der Waals surface area contributed by atoms with Crippen LogP contribution in [0.4, 0.5) is 0 Å². The Hall–Kier alpha value is -1.10. The molecule has 0 aromatic heterocycles. The number of hydrogen-bond donors (Lipinski definition) is 0. The second kappa shape index (κ2) is 8.52. The van der Waals surface area contributed by atoms with E-state index in [0.717, 1.165) is 32.1 Å². The van der Waals surface area contributed by atoms with Gasteiger partial charge in [-0.2, -0.15) is 4.89 Å². The minimum Gasteiger partial charge on any atom is -0.453 e. The van der Waals surface area contributed by atoms with Gasteiger partial charge in [0.25, 0.3) is 0 Å². The van der Waals surface area contributed by atoms with Crippen LogP contribution in [0.5, 0.6) is 0 Å². The maximum absolute atomic E-state index is 12.0. The van der Waals surface area contributed by atoms with Crippen molar-refractivity contribution < 1.29 is 24.1 Å². The van der Waals surface area contributed by atoms with Gasteiger partial charge >= 0.3 is 11.9 Å². The van der Waals surface area contributed by atoms with Gasteiger partial charge in [0.15, 0.2) is 0 Å². The molecule has 144 valence electrons. The Bertz CT molecular complexity index is 473. The highest BCUT2D eigenvalue weighted by Gasteiger charge is 2.63. The summed E-state index contributed by atoms with van der Waals surface area (Å²) >= 11 is 0. The molecule has 2 aliphatic rings. The van der Waals surface area contributed by atoms with Crippen molar-refractivity contribution in [2.75, 3.05) is 6.61 Å². The van der Waals surface area contributed by atoms with Gasteiger partial charge in [0, 0.05) is 5.41 Å². The van der Waals surface area contributed by atoms with Gasteiger partial charge in [0.2, 0.25) is 0 Å². The average Bonchev–Trinajstić information content (AvgIpc) is 2.90. The summed E-state index contributed by atoms with van der Waals surface area (Å²) < 4.78 is 5.47. The molecule has 3 unspecified atom stereocenters. The summed E-state index contributed by atoms with van der Waals surface area (Å²) in [4.78, 5) is 33.2. The third-order valence-electron chi connectivity index (χ3n) is 6.85. The molecular formula is C20H34O5. The van der Waals surface area contributed by atoms with Gasteiger partial charge in [-0.25, -0.2) is 9.59 Å². The number of hydrogen-bond acceptors (Lipinski definition) is 5. The largest absolute Gasteiger partial charge is 0.453 e. The monoisotopic (exact) mass is 354 g/mol. The fraction of sp³-hybridized carbons (Fsp3) is 0.900. The lowest BCUT2D eigenvalue weighted by atomic mass is 9.70. The molecule has 0 spiro atoms. The van der Waals surface area contributed by atoms with E-state index in [1.807, 2.05) is 0 Å². The van der Waals surface area contributed by atoms with Gasteiger partial charge in [-0.1, -0.05) is 59.8 Å². The van der Waals surface area contributed by atoms with Crippen LogP contribution in [0.25, 0.3) is 0 Å². The molecule has 5 nitrogen and oxygen atoms in total. The number of carbonyl (C=O) groups excluding carboxylic acids is 2. The number of carbonyl (C=O) groups is 2. The zero-order valence-electron chi connectivity index (χ0n) is 16.3. The summed E-state index contributed by atoms with van der Waals surface area (Å²) in [6, 6.07) is 0. The van der Waals surface area contributed by atoms with Gasteiger partial charge in [-0.05, 0) is 37.0 Å². The minimum atomic E-state index is -1.05. The zero-order valence-corrected chi connectivity index (χ0v) is 16.3. The second-order valence-electron chi connectivity index (χ2n) is 8.46. The third kappa shape index (κ3) is 4.36. The molecular weight excluding hydrogens is 320 g/mol. The molecule has 2 aliphatic carbocycles. The van der Waals surface area contributed by atoms with E-state index in [1.54, 1.807) is 0 Å². The molecule has 0 aliphatic heterocycles. The number of ether oxygens (including phenoxy) is 1. The normalized spacial score (nSPS) is 29.6. The first-order valence-corrected chi connectivity index (χ1v) is 9.87. The van der Waals surface area contributed by atoms with Crippen molar-refractivity contribution in [3.63, 3.8) is 0 Å². The van der Waals surface area contributed by atoms with E-state index < -0.39 is 11.9 Å². The molecule has 0 N–H and O–H groups in total. The number of rotatable bonds is 9. The molecule has 2 saturated carbocycles. The molecule has 25 heavy (non-hydrogen) atoms. The van der Waals surface area contributed by atoms with Gasteiger partial charge in [-0.15, -0.1) is 0 Å². The summed E-state index contributed by atoms with van der Waals surface area (Å²) in [6.07, 6.45) is 9.54. The number of unbranched alkanes of at least 4 members (excludes halogenated alkanes) is 5. The smallest absolute Gasteiger partial charge is 0.449 e. The number of fused-ring (bicyclic) bond motifs is 2. The van der Waals surface area contributed by atoms with Crippen LogP contribution < -0.4 is 0 Å². The van der Waals surface area contributed by atoms with Gasteiger partial charge in [-0.3, -0.25) is 4.89 Å². The van der Waals surface area contributed by atoms with Crippen molar-refractivity contribution in [1.82, 2.24) is 0 Å². The van der Waals surface area contributed by atoms with E-state index in [9.17, 15) is 9.59 Å². The quantitative estimate of drug-likeness (QED) is 0.199. The van der Waals surface area contributed by atoms with Crippen LogP contribution in [0, 0.1) is 16.7 Å². The van der Waals surface area contributed by atoms with E-state index >= 15 is 0 Å². The van der Waals surface area contributed by atoms with Crippen molar-refractivity contribution >= 4 is 11.9 Å². The van der Waals surface area contributed by atoms with E-state index in [0.29, 0.717) is 12.5 Å². The van der Waals surface area contributed by atoms with Crippen LogP contribution in [0.2, 0.25) is 0 Å². The molecule has 5 heteroatoms. The van der Waals surface area contributed by atoms with Crippen molar-refractivity contribution in [2.24, 2.45) is 16.7 Å². The Morgan fingerprint density at radius 3 is 2.28 bits per heavy atom. The van der Waals surface area contributed by atoms with Gasteiger partial charge in [0.1, 0.15) is 6.10 Å². The standard InChI is InChI=1S/C20H34O5/c1-5-6-7-8-9-10-13-23-25-18(22)17(21)24-16-14-15-11-12-20(16,4)19(15,2)3/h15-16H,5-14H2,1-4H3. The summed E-state index contributed by atoms with van der Waals surface area (Å²) in [5.41, 5.74) is 0.0725. The summed E-state index contributed by atoms with van der Waals surface area (Å²) in [5, 5.41) is 0. The van der Waals surface area contributed by atoms with Crippen LogP contribution in [-0.4, -0.2) is 24.6 Å². The Labute approximate surface area is 151 Å². The van der Waals surface area contributed by atoms with Crippen molar-refractivity contribution in [3.05, 3.63) is 0 Å². The second-order valence-corrected chi connectivity index (χ2v) is 8.46. The van der Waals surface area contributed by atoms with Crippen molar-refractivity contribution in [1.29, 1.82) is 0 Å². The Kier molecular flexibility index (Phi) is 6.89. The highest BCUT2D eigenvalue weighted by atomic mass is 17.2. The third-order valence-corrected chi connectivity index (χ3v) is 6.85. The highest BCUT2D eigenvalue weighted by Crippen LogP contribution is 2.66. The van der Waals surface area contributed by atoms with E-state index in [2.05, 4.69) is 32.6 Å². The van der Waals surface area contributed by atoms with Crippen LogP contribution in [-0.2, 0) is 24.1 Å². The molecule has 0 amide bonds. The molecule has 2 fully saturated rings. The molecule has 0 aromatic carbocycles. The molecule has 0 aromatic rings. The maximum atomic E-state index is 12.0. The molecule has 0 radical (unpaired) electrons. The van der Waals surface area contributed by atoms with Gasteiger partial charge < -0.3 is 4.74 Å². The maximum Gasteiger partial charge on any atom is 0.449 e. The number of esters is 1. The van der Waals surface area contributed by atoms with E-state index in [-0.39, 0.29) is 16.9 Å². The van der Waals surface area contributed by atoms with Crippen molar-refractivity contribution in [2.45, 2.75) is 91.6 Å². The lowest BCUT2D eigenvalue weighted by Gasteiger charge is -2.38. The molecule has 0 heterocycles. The predicted octanol–water partition coefficient (Wildman–Crippen LogP) is 4.58. The summed E-state index contributed by atoms with van der Waals surface area (Å²) in [6.45, 7) is 9.14. The Balaban J connectivity index is 1.64. The van der Waals surface area contributed by atoms with Crippen LogP contribution in [0.3, 0.4) is 0 Å². The molecule has 2 rings (SSSR count). The Morgan fingerprint density at radius 2 is 1.68 bits per heavy atom. The first kappa shape index (κ1) is 20.2. The Morgan fingerprint density at radius 1 is 1.00 bits per heavy atom. The summed E-state index contributed by atoms with van der Waals surface area (Å²) in [5.74, 6) is -1.43. The lowest BCUT2D eigenvalue weighted by molar-refractivity contribution is -0.273. The van der Waals surface area contributed by atoms with Crippen LogP contribution >= 0.6 is 0 Å². The minimum absolute atomic E-state index is 0.0625. The predicted molar refractivity (Wildman–Crippen MR) is 94.5 cm³/mol. The van der Waals surface area contributed by atoms with Crippen LogP contribution in [0.1, 0.15) is 85.5 Å². The average molecular weight is 354 g/mol. The highest BCUT2D eigenvalue weighted by molar-refractivity contribution is 6.29. The van der Waals surface area contributed by atoms with E-state index in [4.69, 9.17) is 9.62 Å². The zero-order chi connectivity index (χ0) is 18.5. The fourth-order valence-corrected chi connectivity index (χ4v) is 4.56. The van der Waals surface area contributed by atoms with Gasteiger partial charge in [0.05, 0.1) is 6.61 Å². The van der Waals surface area contributed by atoms with E-state index in [1.165, 1.54) is 25.7 Å². The topological polar surface area (TPSA) is 61.8 Å². The van der Waals surface area contributed by atoms with Crippen molar-refractivity contribution in [3.8, 4) is 0 Å². The first-order chi connectivity index (χ1) is 11.8. The molecule has 3 atom stereocenters. The fourth-order valence-electron chi connectivity index (χ4n) is 4.56. The van der Waals surface area contributed by atoms with Crippen LogP contribution in [0.15, 0.2) is 0 Å². The molecule has 0 saturated heterocycles. The summed E-state index contributed by atoms with van der Waals surface area (Å²) in [7, 11) is 0. The lowest BCUT2D eigenvalue weighted by Crippen LogP contribution is -2.39. The SMILES string of the molecule is CCCCCCCCOOC(=O)C(=O)OC1CC2CCC1(C)C2(C)C. The molecule has 2 bridgehead atoms.